The van der Waals surface area contributed by atoms with Crippen molar-refractivity contribution in [2.75, 3.05) is 13.3 Å². The fourth-order valence-electron chi connectivity index (χ4n) is 3.02. The van der Waals surface area contributed by atoms with Gasteiger partial charge in [-0.3, -0.25) is 0 Å². The van der Waals surface area contributed by atoms with E-state index in [2.05, 4.69) is 6.58 Å². The number of hydrogen-bond donors (Lipinski definition) is 0. The van der Waals surface area contributed by atoms with Crippen molar-refractivity contribution in [3.8, 4) is 0 Å². The molecule has 31 heavy (non-hydrogen) atoms. The maximum Gasteiger partial charge on any atom is 0.142 e. The van der Waals surface area contributed by atoms with Gasteiger partial charge in [0, 0.05) is 15.9 Å². The van der Waals surface area contributed by atoms with E-state index in [1.54, 1.807) is 38.1 Å². The van der Waals surface area contributed by atoms with Gasteiger partial charge < -0.3 is 9.30 Å². The summed E-state index contributed by atoms with van der Waals surface area (Å²) < 4.78 is 46.7. The normalized spacial score (nSPS) is 13.8. The van der Waals surface area contributed by atoms with Crippen LogP contribution in [0.3, 0.4) is 0 Å². The lowest BCUT2D eigenvalue weighted by Gasteiger charge is -2.21. The molecule has 0 radical (unpaired) electrons. The molecule has 0 bridgehead atoms. The van der Waals surface area contributed by atoms with Crippen LogP contribution in [0.15, 0.2) is 60.4 Å². The van der Waals surface area contributed by atoms with E-state index >= 15 is 0 Å². The SMILES string of the molecule is C=C(C)/C(=C\C(=C/C)c1ccc(P(C)(C)=O)c(F)c1)OC(C)c1c(Cl)ccc(F)c1Cl. The molecule has 1 unspecified atom stereocenters. The van der Waals surface area contributed by atoms with Gasteiger partial charge in [0.1, 0.15) is 30.6 Å². The standard InChI is InChI=1S/C24H25Cl2F2O2P/c1-7-16(17-8-11-22(20(28)12-17)31(5,6)29)13-21(14(2)3)30-15(4)23-18(25)9-10-19(27)24(23)26/h7-13,15H,2H2,1,3-6H3/b16-7+,21-13+. The molecule has 0 aliphatic heterocycles. The van der Waals surface area contributed by atoms with Gasteiger partial charge in [0.05, 0.1) is 5.02 Å². The van der Waals surface area contributed by atoms with Gasteiger partial charge >= 0.3 is 0 Å². The van der Waals surface area contributed by atoms with Crippen LogP contribution in [-0.4, -0.2) is 13.3 Å². The summed E-state index contributed by atoms with van der Waals surface area (Å²) in [6.07, 6.45) is 2.85. The minimum atomic E-state index is -2.73. The molecule has 0 amide bonds. The molecule has 2 rings (SSSR count). The Morgan fingerprint density at radius 2 is 1.81 bits per heavy atom. The van der Waals surface area contributed by atoms with Gasteiger partial charge in [0.15, 0.2) is 0 Å². The molecule has 0 N–H and O–H groups in total. The van der Waals surface area contributed by atoms with Gasteiger partial charge in [-0.15, -0.1) is 0 Å². The molecule has 0 fully saturated rings. The highest BCUT2D eigenvalue weighted by Gasteiger charge is 2.21. The molecule has 0 aromatic heterocycles. The van der Waals surface area contributed by atoms with Crippen molar-refractivity contribution in [2.24, 2.45) is 0 Å². The second kappa shape index (κ2) is 10.2. The first kappa shape index (κ1) is 25.4. The minimum absolute atomic E-state index is 0.103. The largest absolute Gasteiger partial charge is 0.486 e. The Bertz CT molecular complexity index is 1120. The molecule has 0 saturated heterocycles. The van der Waals surface area contributed by atoms with E-state index in [4.69, 9.17) is 27.9 Å². The summed E-state index contributed by atoms with van der Waals surface area (Å²) in [5.41, 5.74) is 2.20. The van der Waals surface area contributed by atoms with Crippen LogP contribution in [0.2, 0.25) is 10.0 Å². The van der Waals surface area contributed by atoms with E-state index in [9.17, 15) is 13.3 Å². The van der Waals surface area contributed by atoms with Crippen LogP contribution in [-0.2, 0) is 9.30 Å². The summed E-state index contributed by atoms with van der Waals surface area (Å²) in [4.78, 5) is 0. The van der Waals surface area contributed by atoms with Crippen molar-refractivity contribution < 1.29 is 18.1 Å². The van der Waals surface area contributed by atoms with E-state index in [0.717, 1.165) is 0 Å². The number of hydrogen-bond acceptors (Lipinski definition) is 2. The summed E-state index contributed by atoms with van der Waals surface area (Å²) in [6, 6.07) is 7.21. The highest BCUT2D eigenvalue weighted by Crippen LogP contribution is 2.38. The van der Waals surface area contributed by atoms with E-state index in [1.165, 1.54) is 31.5 Å². The topological polar surface area (TPSA) is 26.3 Å². The average molecular weight is 485 g/mol. The van der Waals surface area contributed by atoms with Crippen LogP contribution in [0.4, 0.5) is 8.78 Å². The van der Waals surface area contributed by atoms with E-state index in [0.29, 0.717) is 28.0 Å². The lowest BCUT2D eigenvalue weighted by atomic mass is 10.0. The second-order valence-electron chi connectivity index (χ2n) is 7.57. The summed E-state index contributed by atoms with van der Waals surface area (Å²) in [5.74, 6) is -0.701. The zero-order valence-corrected chi connectivity index (χ0v) is 20.5. The van der Waals surface area contributed by atoms with Crippen LogP contribution < -0.4 is 5.30 Å². The van der Waals surface area contributed by atoms with Gasteiger partial charge in [-0.1, -0.05) is 41.9 Å². The molecule has 0 spiro atoms. The maximum absolute atomic E-state index is 14.6. The monoisotopic (exact) mass is 484 g/mol. The minimum Gasteiger partial charge on any atom is -0.486 e. The van der Waals surface area contributed by atoms with Crippen molar-refractivity contribution in [2.45, 2.75) is 26.9 Å². The van der Waals surface area contributed by atoms with Crippen molar-refractivity contribution in [3.05, 3.63) is 93.2 Å². The first-order valence-corrected chi connectivity index (χ1v) is 12.9. The Hall–Kier alpha value is -1.87. The lowest BCUT2D eigenvalue weighted by molar-refractivity contribution is 0.140. The van der Waals surface area contributed by atoms with Crippen molar-refractivity contribution in [1.29, 1.82) is 0 Å². The first-order valence-electron chi connectivity index (χ1n) is 9.56. The number of allylic oxidation sites excluding steroid dienone is 4. The molecule has 0 aliphatic carbocycles. The smallest absolute Gasteiger partial charge is 0.142 e. The molecule has 0 aliphatic rings. The quantitative estimate of drug-likeness (QED) is 0.171. The van der Waals surface area contributed by atoms with E-state index in [1.807, 2.05) is 6.92 Å². The van der Waals surface area contributed by atoms with Gasteiger partial charge in [0.2, 0.25) is 0 Å². The van der Waals surface area contributed by atoms with Gasteiger partial charge in [-0.05, 0) is 81.2 Å². The first-order chi connectivity index (χ1) is 14.4. The molecule has 2 aromatic carbocycles. The van der Waals surface area contributed by atoms with E-state index < -0.39 is 24.9 Å². The third-order valence-corrected chi connectivity index (χ3v) is 6.91. The summed E-state index contributed by atoms with van der Waals surface area (Å²) in [6.45, 7) is 12.3. The van der Waals surface area contributed by atoms with Crippen LogP contribution in [0.1, 0.15) is 38.0 Å². The van der Waals surface area contributed by atoms with Crippen molar-refractivity contribution in [3.63, 3.8) is 0 Å². The summed E-state index contributed by atoms with van der Waals surface area (Å²) in [5, 5.41) is 0.386. The molecule has 166 valence electrons. The van der Waals surface area contributed by atoms with Gasteiger partial charge in [-0.25, -0.2) is 8.78 Å². The Labute approximate surface area is 192 Å². The van der Waals surface area contributed by atoms with Gasteiger partial charge in [0.25, 0.3) is 0 Å². The van der Waals surface area contributed by atoms with Crippen LogP contribution in [0, 0.1) is 11.6 Å². The molecule has 1 atom stereocenters. The zero-order chi connectivity index (χ0) is 23.5. The number of halogens is 4. The van der Waals surface area contributed by atoms with Crippen LogP contribution in [0.5, 0.6) is 0 Å². The fraction of sp³-hybridized carbons (Fsp3) is 0.250. The number of benzene rings is 2. The van der Waals surface area contributed by atoms with Crippen molar-refractivity contribution >= 4 is 41.2 Å². The Kier molecular flexibility index (Phi) is 8.33. The third-order valence-electron chi connectivity index (χ3n) is 4.67. The molecule has 7 heteroatoms. The molecule has 0 heterocycles. The predicted molar refractivity (Wildman–Crippen MR) is 128 cm³/mol. The highest BCUT2D eigenvalue weighted by atomic mass is 35.5. The Balaban J connectivity index is 2.43. The second-order valence-corrected chi connectivity index (χ2v) is 11.5. The molecule has 2 aromatic rings. The molecular formula is C24H25Cl2F2O2P. The molecule has 0 saturated carbocycles. The molecular weight excluding hydrogens is 460 g/mol. The fourth-order valence-corrected chi connectivity index (χ4v) is 4.71. The summed E-state index contributed by atoms with van der Waals surface area (Å²) >= 11 is 12.3. The van der Waals surface area contributed by atoms with Crippen molar-refractivity contribution in [1.82, 2.24) is 0 Å². The van der Waals surface area contributed by atoms with Crippen LogP contribution in [0.25, 0.3) is 5.57 Å². The zero-order valence-electron chi connectivity index (χ0n) is 18.1. The molecule has 2 nitrogen and oxygen atoms in total. The highest BCUT2D eigenvalue weighted by molar-refractivity contribution is 7.70. The lowest BCUT2D eigenvalue weighted by Crippen LogP contribution is -2.09. The van der Waals surface area contributed by atoms with Gasteiger partial charge in [-0.2, -0.15) is 0 Å². The average Bonchev–Trinajstić information content (AvgIpc) is 2.67. The summed E-state index contributed by atoms with van der Waals surface area (Å²) in [7, 11) is -2.73. The predicted octanol–water partition coefficient (Wildman–Crippen LogP) is 8.16. The third kappa shape index (κ3) is 6.10. The Morgan fingerprint density at radius 1 is 1.16 bits per heavy atom. The van der Waals surface area contributed by atoms with Crippen LogP contribution >= 0.6 is 30.3 Å². The number of rotatable bonds is 7. The maximum atomic E-state index is 14.6. The number of ether oxygens (including phenoxy) is 1. The van der Waals surface area contributed by atoms with E-state index in [-0.39, 0.29) is 15.3 Å². The Morgan fingerprint density at radius 3 is 2.32 bits per heavy atom.